The quantitative estimate of drug-likeness (QED) is 0.166. The van der Waals surface area contributed by atoms with E-state index >= 15 is 0 Å². The van der Waals surface area contributed by atoms with Gasteiger partial charge in [-0.1, -0.05) is 34.6 Å². The van der Waals surface area contributed by atoms with E-state index in [0.717, 1.165) is 32.1 Å². The number of aliphatic hydroxyl groups is 9. The molecule has 0 unspecified atom stereocenters. The van der Waals surface area contributed by atoms with Crippen LogP contribution >= 0.6 is 0 Å². The van der Waals surface area contributed by atoms with Gasteiger partial charge in [-0.3, -0.25) is 0 Å². The molecule has 0 radical (unpaired) electrons. The molecule has 4 aliphatic carbocycles. The van der Waals surface area contributed by atoms with E-state index in [-0.39, 0.29) is 46.0 Å². The van der Waals surface area contributed by atoms with Crippen LogP contribution in [0.25, 0.3) is 0 Å². The molecule has 7 rings (SSSR count). The van der Waals surface area contributed by atoms with Crippen LogP contribution in [0.4, 0.5) is 0 Å². The third kappa shape index (κ3) is 6.49. The highest BCUT2D eigenvalue weighted by Crippen LogP contribution is 2.76. The fourth-order valence-electron chi connectivity index (χ4n) is 14.2. The van der Waals surface area contributed by atoms with E-state index in [1.807, 2.05) is 0 Å². The highest BCUT2D eigenvalue weighted by molar-refractivity contribution is 5.21. The van der Waals surface area contributed by atoms with Crippen molar-refractivity contribution in [1.29, 1.82) is 0 Å². The summed E-state index contributed by atoms with van der Waals surface area (Å²) < 4.78 is 30.7. The van der Waals surface area contributed by atoms with Gasteiger partial charge in [0.1, 0.15) is 48.8 Å². The van der Waals surface area contributed by atoms with Crippen LogP contribution in [-0.2, 0) is 23.7 Å². The number of ether oxygens (including phenoxy) is 5. The Morgan fingerprint density at radius 3 is 1.96 bits per heavy atom. The highest BCUT2D eigenvalue weighted by Gasteiger charge is 2.72. The maximum Gasteiger partial charge on any atom is 0.187 e. The lowest BCUT2D eigenvalue weighted by atomic mass is 9.35. The molecule has 9 N–H and O–H groups in total. The predicted molar refractivity (Wildman–Crippen MR) is 200 cm³/mol. The first-order chi connectivity index (χ1) is 25.9. The van der Waals surface area contributed by atoms with Gasteiger partial charge >= 0.3 is 0 Å². The molecule has 324 valence electrons. The van der Waals surface area contributed by atoms with Crippen LogP contribution in [0.2, 0.25) is 0 Å². The van der Waals surface area contributed by atoms with Crippen molar-refractivity contribution in [2.45, 2.75) is 211 Å². The van der Waals surface area contributed by atoms with Gasteiger partial charge in [0.2, 0.25) is 0 Å². The van der Waals surface area contributed by atoms with Crippen molar-refractivity contribution in [1.82, 2.24) is 0 Å². The van der Waals surface area contributed by atoms with Crippen LogP contribution in [0.15, 0.2) is 0 Å². The molecule has 0 amide bonds. The second kappa shape index (κ2) is 14.5. The minimum atomic E-state index is -1.66. The van der Waals surface area contributed by atoms with E-state index in [1.165, 1.54) is 6.92 Å². The number of aliphatic hydroxyl groups excluding tert-OH is 8. The molecule has 3 saturated heterocycles. The summed E-state index contributed by atoms with van der Waals surface area (Å²) in [6.45, 7) is 17.9. The van der Waals surface area contributed by atoms with Crippen LogP contribution in [-0.4, -0.2) is 150 Å². The lowest BCUT2D eigenvalue weighted by molar-refractivity contribution is -0.368. The van der Waals surface area contributed by atoms with Gasteiger partial charge in [0, 0.05) is 6.42 Å². The van der Waals surface area contributed by atoms with Gasteiger partial charge in [-0.25, -0.2) is 0 Å². The van der Waals surface area contributed by atoms with Crippen LogP contribution in [0, 0.1) is 45.3 Å². The Kier molecular flexibility index (Phi) is 11.3. The molecular weight excluding hydrogens is 728 g/mol. The largest absolute Gasteiger partial charge is 0.394 e. The molecule has 0 aromatic heterocycles. The molecule has 14 heteroatoms. The predicted octanol–water partition coefficient (Wildman–Crippen LogP) is 1.36. The van der Waals surface area contributed by atoms with E-state index in [0.29, 0.717) is 19.3 Å². The van der Waals surface area contributed by atoms with Gasteiger partial charge in [0.15, 0.2) is 12.6 Å². The van der Waals surface area contributed by atoms with Gasteiger partial charge in [-0.15, -0.1) is 0 Å². The SMILES string of the molecule is C[C@@H]1O[C@@H](O[C@@H]2[C@@H](O)[C@H](O[C@H]3CC[C@@]4(C)[C@H](CC[C@]5(C)[C@@H]4C[C@@H](O)[C@@H]4[C@@H]([C@]6(C)C[C@H](O)[C@@H](C(C)(C)O)O6)CC[C@]45C)C3(C)C)O[C@H](CO)[C@H]2O)[C@H](O)[C@H](O)[C@H]1O. The van der Waals surface area contributed by atoms with Crippen molar-refractivity contribution in [3.8, 4) is 0 Å². The van der Waals surface area contributed by atoms with Crippen molar-refractivity contribution in [3.05, 3.63) is 0 Å². The Bertz CT molecular complexity index is 1430. The summed E-state index contributed by atoms with van der Waals surface area (Å²) in [7, 11) is 0. The average molecular weight is 801 g/mol. The molecule has 14 nitrogen and oxygen atoms in total. The zero-order valence-electron chi connectivity index (χ0n) is 34.8. The maximum atomic E-state index is 12.3. The lowest BCUT2D eigenvalue weighted by Gasteiger charge is -2.70. The summed E-state index contributed by atoms with van der Waals surface area (Å²) in [6.07, 6.45) is -10.1. The van der Waals surface area contributed by atoms with Gasteiger partial charge < -0.3 is 69.6 Å². The Morgan fingerprint density at radius 2 is 1.34 bits per heavy atom. The first-order valence-electron chi connectivity index (χ1n) is 21.2. The molecule has 4 saturated carbocycles. The molecule has 3 aliphatic heterocycles. The Morgan fingerprint density at radius 1 is 0.696 bits per heavy atom. The zero-order valence-corrected chi connectivity index (χ0v) is 34.8. The normalized spacial score (nSPS) is 57.3. The van der Waals surface area contributed by atoms with E-state index in [1.54, 1.807) is 13.8 Å². The Labute approximate surface area is 331 Å². The second-order valence-electron chi connectivity index (χ2n) is 21.2. The molecule has 3 heterocycles. The monoisotopic (exact) mass is 800 g/mol. The first kappa shape index (κ1) is 43.5. The molecule has 0 bridgehead atoms. The van der Waals surface area contributed by atoms with Crippen LogP contribution in [0.1, 0.15) is 114 Å². The molecule has 56 heavy (non-hydrogen) atoms. The summed E-state index contributed by atoms with van der Waals surface area (Å²) in [5, 5.41) is 98.1. The van der Waals surface area contributed by atoms with Crippen molar-refractivity contribution in [3.63, 3.8) is 0 Å². The smallest absolute Gasteiger partial charge is 0.187 e. The summed E-state index contributed by atoms with van der Waals surface area (Å²) >= 11 is 0. The summed E-state index contributed by atoms with van der Waals surface area (Å²) in [4.78, 5) is 0. The topological polar surface area (TPSA) is 228 Å². The van der Waals surface area contributed by atoms with Gasteiger partial charge in [-0.2, -0.15) is 0 Å². The van der Waals surface area contributed by atoms with Crippen LogP contribution in [0.3, 0.4) is 0 Å². The lowest BCUT2D eigenvalue weighted by Crippen LogP contribution is -2.67. The third-order valence-electron chi connectivity index (χ3n) is 17.4. The highest BCUT2D eigenvalue weighted by atomic mass is 16.7. The molecule has 7 fully saturated rings. The van der Waals surface area contributed by atoms with Crippen molar-refractivity contribution < 1.29 is 69.6 Å². The minimum absolute atomic E-state index is 0.0130. The Balaban J connectivity index is 1.09. The molecule has 7 aliphatic rings. The van der Waals surface area contributed by atoms with E-state index < -0.39 is 103 Å². The molecule has 0 aromatic rings. The number of fused-ring (bicyclic) bond motifs is 5. The van der Waals surface area contributed by atoms with Crippen LogP contribution < -0.4 is 0 Å². The standard InChI is InChI=1S/C42H72O14/c1-19-28(46)30(48)31(49)35(52-19)55-33-29(47)23(18-43)53-36(32(33)50)54-26-12-13-39(6)24(37(26,2)3)11-15-40(7)25(39)16-21(44)27-20(10-14-41(27,40)8)42(9)17-22(45)34(56-42)38(4,5)51/h19-36,43-51H,10-18H2,1-9H3/t19-,20-,21+,22-,23+,24+,25+,26-,27-,28-,29+,30+,31+,32+,33-,34-,35-,36-,39-,40+,41+,42-/m0/s1. The molecular formula is C42H72O14. The van der Waals surface area contributed by atoms with Crippen molar-refractivity contribution in [2.24, 2.45) is 45.3 Å². The van der Waals surface area contributed by atoms with E-state index in [2.05, 4.69) is 41.5 Å². The minimum Gasteiger partial charge on any atom is -0.394 e. The second-order valence-corrected chi connectivity index (χ2v) is 21.2. The molecule has 22 atom stereocenters. The fourth-order valence-corrected chi connectivity index (χ4v) is 14.2. The van der Waals surface area contributed by atoms with E-state index in [4.69, 9.17) is 23.7 Å². The van der Waals surface area contributed by atoms with E-state index in [9.17, 15) is 46.0 Å². The van der Waals surface area contributed by atoms with Gasteiger partial charge in [0.25, 0.3) is 0 Å². The van der Waals surface area contributed by atoms with Gasteiger partial charge in [-0.05, 0) is 118 Å². The Hall–Kier alpha value is -0.560. The summed E-state index contributed by atoms with van der Waals surface area (Å²) in [5.74, 6) is 0.442. The summed E-state index contributed by atoms with van der Waals surface area (Å²) in [5.41, 5.74) is -2.66. The number of hydrogen-bond acceptors (Lipinski definition) is 14. The third-order valence-corrected chi connectivity index (χ3v) is 17.4. The molecule has 0 spiro atoms. The van der Waals surface area contributed by atoms with Crippen molar-refractivity contribution in [2.75, 3.05) is 6.61 Å². The number of rotatable bonds is 7. The van der Waals surface area contributed by atoms with Crippen LogP contribution in [0.5, 0.6) is 0 Å². The zero-order chi connectivity index (χ0) is 41.3. The fraction of sp³-hybridized carbons (Fsp3) is 1.00. The van der Waals surface area contributed by atoms with Gasteiger partial charge in [0.05, 0.1) is 42.2 Å². The molecule has 0 aromatic carbocycles. The summed E-state index contributed by atoms with van der Waals surface area (Å²) in [6, 6.07) is 0. The first-order valence-corrected chi connectivity index (χ1v) is 21.2. The average Bonchev–Trinajstić information content (AvgIpc) is 3.66. The van der Waals surface area contributed by atoms with Crippen molar-refractivity contribution >= 4 is 0 Å². The maximum absolute atomic E-state index is 12.3. The number of hydrogen-bond donors (Lipinski definition) is 9.